The summed E-state index contributed by atoms with van der Waals surface area (Å²) in [7, 11) is 3.74. The van der Waals surface area contributed by atoms with Gasteiger partial charge in [-0.25, -0.2) is 0 Å². The predicted octanol–water partition coefficient (Wildman–Crippen LogP) is 1.03. The molecule has 2 aromatic rings. The van der Waals surface area contributed by atoms with Gasteiger partial charge < -0.3 is 15.1 Å². The molecule has 2 heterocycles. The third kappa shape index (κ3) is 4.16. The Kier molecular flexibility index (Phi) is 5.26. The van der Waals surface area contributed by atoms with E-state index in [1.54, 1.807) is 30.7 Å². The van der Waals surface area contributed by atoms with E-state index < -0.39 is 11.8 Å². The van der Waals surface area contributed by atoms with Crippen molar-refractivity contribution in [3.8, 4) is 0 Å². The standard InChI is InChI=1S/C15H18N4O3/c1-19(2)12(13-6-4-8-22-13)10-17-14(20)15(21)18-11-5-3-7-16-9-11/h3-9,12H,10H2,1-2H3,(H,17,20)(H,18,21). The van der Waals surface area contributed by atoms with Crippen molar-refractivity contribution in [2.24, 2.45) is 0 Å². The molecule has 2 rings (SSSR count). The highest BCUT2D eigenvalue weighted by Gasteiger charge is 2.20. The summed E-state index contributed by atoms with van der Waals surface area (Å²) in [6.45, 7) is 0.264. The van der Waals surface area contributed by atoms with Crippen molar-refractivity contribution in [3.05, 3.63) is 48.7 Å². The lowest BCUT2D eigenvalue weighted by Gasteiger charge is -2.22. The minimum Gasteiger partial charge on any atom is -0.468 e. The SMILES string of the molecule is CN(C)C(CNC(=O)C(=O)Nc1cccnc1)c1ccco1. The summed E-state index contributed by atoms with van der Waals surface area (Å²) in [5.74, 6) is -0.717. The van der Waals surface area contributed by atoms with Crippen molar-refractivity contribution in [3.63, 3.8) is 0 Å². The highest BCUT2D eigenvalue weighted by molar-refractivity contribution is 6.39. The summed E-state index contributed by atoms with van der Waals surface area (Å²) in [5, 5.41) is 5.08. The van der Waals surface area contributed by atoms with Crippen LogP contribution >= 0.6 is 0 Å². The van der Waals surface area contributed by atoms with Gasteiger partial charge in [0, 0.05) is 12.7 Å². The first-order chi connectivity index (χ1) is 10.6. The van der Waals surface area contributed by atoms with Crippen molar-refractivity contribution in [2.45, 2.75) is 6.04 Å². The highest BCUT2D eigenvalue weighted by Crippen LogP contribution is 2.17. The number of hydrogen-bond acceptors (Lipinski definition) is 5. The van der Waals surface area contributed by atoms with E-state index in [0.29, 0.717) is 5.69 Å². The number of amides is 2. The molecule has 0 radical (unpaired) electrons. The lowest BCUT2D eigenvalue weighted by atomic mass is 10.2. The Bertz CT molecular complexity index is 611. The van der Waals surface area contributed by atoms with E-state index in [1.807, 2.05) is 25.1 Å². The minimum absolute atomic E-state index is 0.148. The van der Waals surface area contributed by atoms with Crippen LogP contribution in [0.3, 0.4) is 0 Å². The van der Waals surface area contributed by atoms with Gasteiger partial charge in [0.1, 0.15) is 5.76 Å². The van der Waals surface area contributed by atoms with Gasteiger partial charge in [0.2, 0.25) is 0 Å². The molecular formula is C15H18N4O3. The van der Waals surface area contributed by atoms with E-state index in [4.69, 9.17) is 4.42 Å². The second-order valence-electron chi connectivity index (χ2n) is 4.90. The van der Waals surface area contributed by atoms with Crippen molar-refractivity contribution in [1.29, 1.82) is 0 Å². The van der Waals surface area contributed by atoms with E-state index in [9.17, 15) is 9.59 Å². The molecule has 0 saturated heterocycles. The molecule has 22 heavy (non-hydrogen) atoms. The van der Waals surface area contributed by atoms with Gasteiger partial charge in [-0.05, 0) is 38.4 Å². The van der Waals surface area contributed by atoms with Crippen LogP contribution in [0.15, 0.2) is 47.3 Å². The summed E-state index contributed by atoms with van der Waals surface area (Å²) in [4.78, 5) is 29.4. The first-order valence-electron chi connectivity index (χ1n) is 6.77. The second-order valence-corrected chi connectivity index (χ2v) is 4.90. The Labute approximate surface area is 128 Å². The van der Waals surface area contributed by atoms with Crippen LogP contribution in [-0.4, -0.2) is 42.3 Å². The fraction of sp³-hybridized carbons (Fsp3) is 0.267. The third-order valence-electron chi connectivity index (χ3n) is 3.08. The minimum atomic E-state index is -0.732. The van der Waals surface area contributed by atoms with E-state index in [-0.39, 0.29) is 12.6 Å². The summed E-state index contributed by atoms with van der Waals surface area (Å²) in [6.07, 6.45) is 4.63. The van der Waals surface area contributed by atoms with Crippen LogP contribution in [0.4, 0.5) is 5.69 Å². The molecule has 7 heteroatoms. The summed E-state index contributed by atoms with van der Waals surface area (Å²) in [5.41, 5.74) is 0.470. The number of hydrogen-bond donors (Lipinski definition) is 2. The van der Waals surface area contributed by atoms with Crippen LogP contribution in [0, 0.1) is 0 Å². The van der Waals surface area contributed by atoms with Crippen molar-refractivity contribution < 1.29 is 14.0 Å². The van der Waals surface area contributed by atoms with Crippen LogP contribution in [0.1, 0.15) is 11.8 Å². The number of pyridine rings is 1. The van der Waals surface area contributed by atoms with E-state index in [0.717, 1.165) is 5.76 Å². The molecule has 2 N–H and O–H groups in total. The quantitative estimate of drug-likeness (QED) is 0.806. The van der Waals surface area contributed by atoms with E-state index in [1.165, 1.54) is 6.20 Å². The molecule has 116 valence electrons. The maximum Gasteiger partial charge on any atom is 0.313 e. The average molecular weight is 302 g/mol. The zero-order valence-electron chi connectivity index (χ0n) is 12.4. The van der Waals surface area contributed by atoms with Crippen LogP contribution in [-0.2, 0) is 9.59 Å². The number of anilines is 1. The monoisotopic (exact) mass is 302 g/mol. The Hall–Kier alpha value is -2.67. The third-order valence-corrected chi connectivity index (χ3v) is 3.08. The molecule has 2 amide bonds. The van der Waals surface area contributed by atoms with Crippen LogP contribution < -0.4 is 10.6 Å². The molecule has 0 aliphatic carbocycles. The number of nitrogens with zero attached hydrogens (tertiary/aromatic N) is 2. The van der Waals surface area contributed by atoms with Crippen molar-refractivity contribution in [1.82, 2.24) is 15.2 Å². The second kappa shape index (κ2) is 7.37. The Morgan fingerprint density at radius 2 is 2.09 bits per heavy atom. The van der Waals surface area contributed by atoms with Gasteiger partial charge in [0.25, 0.3) is 0 Å². The molecule has 2 aromatic heterocycles. The molecule has 7 nitrogen and oxygen atoms in total. The van der Waals surface area contributed by atoms with Gasteiger partial charge in [0.15, 0.2) is 0 Å². The fourth-order valence-corrected chi connectivity index (χ4v) is 1.91. The number of aromatic nitrogens is 1. The van der Waals surface area contributed by atoms with Gasteiger partial charge in [-0.3, -0.25) is 19.5 Å². The lowest BCUT2D eigenvalue weighted by Crippen LogP contribution is -2.40. The zero-order chi connectivity index (χ0) is 15.9. The number of carbonyl (C=O) groups is 2. The predicted molar refractivity (Wildman–Crippen MR) is 81.0 cm³/mol. The average Bonchev–Trinajstić information content (AvgIpc) is 3.02. The molecule has 0 fully saturated rings. The molecule has 0 aromatic carbocycles. The van der Waals surface area contributed by atoms with E-state index >= 15 is 0 Å². The molecule has 0 bridgehead atoms. The van der Waals surface area contributed by atoms with Gasteiger partial charge in [-0.2, -0.15) is 0 Å². The Morgan fingerprint density at radius 1 is 1.27 bits per heavy atom. The molecule has 1 atom stereocenters. The summed E-state index contributed by atoms with van der Waals surface area (Å²) in [6, 6.07) is 6.79. The zero-order valence-corrected chi connectivity index (χ0v) is 12.4. The van der Waals surface area contributed by atoms with Crippen LogP contribution in [0.5, 0.6) is 0 Å². The van der Waals surface area contributed by atoms with Gasteiger partial charge >= 0.3 is 11.8 Å². The number of rotatable bonds is 5. The highest BCUT2D eigenvalue weighted by atomic mass is 16.3. The van der Waals surface area contributed by atoms with Gasteiger partial charge in [-0.1, -0.05) is 0 Å². The van der Waals surface area contributed by atoms with Gasteiger partial charge in [-0.15, -0.1) is 0 Å². The summed E-state index contributed by atoms with van der Waals surface area (Å²) >= 11 is 0. The van der Waals surface area contributed by atoms with Crippen LogP contribution in [0.25, 0.3) is 0 Å². The molecule has 0 spiro atoms. The normalized spacial score (nSPS) is 12.0. The Morgan fingerprint density at radius 3 is 2.68 bits per heavy atom. The first kappa shape index (κ1) is 15.7. The van der Waals surface area contributed by atoms with E-state index in [2.05, 4.69) is 15.6 Å². The number of nitrogens with one attached hydrogen (secondary N) is 2. The molecule has 0 saturated carbocycles. The first-order valence-corrected chi connectivity index (χ1v) is 6.77. The molecule has 0 aliphatic heterocycles. The molecule has 1 unspecified atom stereocenters. The van der Waals surface area contributed by atoms with Crippen molar-refractivity contribution in [2.75, 3.05) is 26.0 Å². The number of likely N-dealkylation sites (N-methyl/N-ethyl adjacent to an activating group) is 1. The molecule has 0 aliphatic rings. The Balaban J connectivity index is 1.89. The molecular weight excluding hydrogens is 284 g/mol. The lowest BCUT2D eigenvalue weighted by molar-refractivity contribution is -0.136. The van der Waals surface area contributed by atoms with Crippen molar-refractivity contribution >= 4 is 17.5 Å². The maximum absolute atomic E-state index is 11.9. The smallest absolute Gasteiger partial charge is 0.313 e. The van der Waals surface area contributed by atoms with Gasteiger partial charge in [0.05, 0.1) is 24.2 Å². The van der Waals surface area contributed by atoms with Crippen LogP contribution in [0.2, 0.25) is 0 Å². The fourth-order valence-electron chi connectivity index (χ4n) is 1.91. The largest absolute Gasteiger partial charge is 0.468 e. The number of carbonyl (C=O) groups excluding carboxylic acids is 2. The summed E-state index contributed by atoms with van der Waals surface area (Å²) < 4.78 is 5.34. The maximum atomic E-state index is 11.9. The topological polar surface area (TPSA) is 87.5 Å². The number of furan rings is 1.